The molecule has 20 heavy (non-hydrogen) atoms. The Bertz CT molecular complexity index is 567. The van der Waals surface area contributed by atoms with Crippen LogP contribution in [-0.4, -0.2) is 35.9 Å². The van der Waals surface area contributed by atoms with Crippen LogP contribution in [0.25, 0.3) is 0 Å². The second kappa shape index (κ2) is 6.35. The summed E-state index contributed by atoms with van der Waals surface area (Å²) in [6, 6.07) is 7.68. The lowest BCUT2D eigenvalue weighted by Gasteiger charge is -2.21. The molecule has 0 bridgehead atoms. The van der Waals surface area contributed by atoms with Gasteiger partial charge in [-0.15, -0.1) is 0 Å². The summed E-state index contributed by atoms with van der Waals surface area (Å²) in [5, 5.41) is 8.00. The largest absolute Gasteiger partial charge is 0.375 e. The normalized spacial score (nSPS) is 19.1. The first-order valence-electron chi connectivity index (χ1n) is 6.68. The SMILES string of the molecule is Clc1ccccc1Cc1noc(CC2CNCCO2)n1. The quantitative estimate of drug-likeness (QED) is 0.932. The van der Waals surface area contributed by atoms with Crippen LogP contribution in [0.2, 0.25) is 5.02 Å². The van der Waals surface area contributed by atoms with Gasteiger partial charge in [-0.1, -0.05) is 35.0 Å². The van der Waals surface area contributed by atoms with Gasteiger partial charge in [-0.05, 0) is 11.6 Å². The highest BCUT2D eigenvalue weighted by Gasteiger charge is 2.18. The zero-order chi connectivity index (χ0) is 13.8. The van der Waals surface area contributed by atoms with Crippen LogP contribution in [0.1, 0.15) is 17.3 Å². The Morgan fingerprint density at radius 2 is 2.25 bits per heavy atom. The Morgan fingerprint density at radius 3 is 3.05 bits per heavy atom. The Balaban J connectivity index is 1.63. The maximum Gasteiger partial charge on any atom is 0.229 e. The van der Waals surface area contributed by atoms with E-state index in [2.05, 4.69) is 15.5 Å². The molecule has 1 N–H and O–H groups in total. The van der Waals surface area contributed by atoms with E-state index < -0.39 is 0 Å². The molecule has 2 aromatic rings. The number of hydrogen-bond donors (Lipinski definition) is 1. The molecule has 1 aliphatic rings. The fraction of sp³-hybridized carbons (Fsp3) is 0.429. The molecule has 2 heterocycles. The minimum atomic E-state index is 0.109. The lowest BCUT2D eigenvalue weighted by Crippen LogP contribution is -2.39. The average molecular weight is 294 g/mol. The number of nitrogens with one attached hydrogen (secondary N) is 1. The molecule has 0 amide bonds. The van der Waals surface area contributed by atoms with E-state index in [1.54, 1.807) is 0 Å². The first-order valence-corrected chi connectivity index (χ1v) is 7.06. The summed E-state index contributed by atoms with van der Waals surface area (Å²) in [5.74, 6) is 1.26. The second-order valence-corrected chi connectivity index (χ2v) is 5.18. The molecule has 0 saturated carbocycles. The zero-order valence-electron chi connectivity index (χ0n) is 11.0. The number of hydrogen-bond acceptors (Lipinski definition) is 5. The zero-order valence-corrected chi connectivity index (χ0v) is 11.8. The van der Waals surface area contributed by atoms with Crippen LogP contribution >= 0.6 is 11.6 Å². The predicted octanol–water partition coefficient (Wildman–Crippen LogP) is 1.84. The number of halogens is 1. The summed E-state index contributed by atoms with van der Waals surface area (Å²) < 4.78 is 10.9. The molecule has 6 heteroatoms. The van der Waals surface area contributed by atoms with Gasteiger partial charge in [0, 0.05) is 24.5 Å². The lowest BCUT2D eigenvalue weighted by molar-refractivity contribution is 0.0246. The van der Waals surface area contributed by atoms with E-state index in [1.165, 1.54) is 0 Å². The summed E-state index contributed by atoms with van der Waals surface area (Å²) in [6.07, 6.45) is 1.33. The van der Waals surface area contributed by atoms with Crippen molar-refractivity contribution < 1.29 is 9.26 Å². The smallest absolute Gasteiger partial charge is 0.229 e. The number of ether oxygens (including phenoxy) is 1. The number of morpholine rings is 1. The Morgan fingerprint density at radius 1 is 1.35 bits per heavy atom. The minimum absolute atomic E-state index is 0.109. The van der Waals surface area contributed by atoms with Gasteiger partial charge in [0.2, 0.25) is 5.89 Å². The fourth-order valence-corrected chi connectivity index (χ4v) is 2.41. The van der Waals surface area contributed by atoms with Crippen LogP contribution in [-0.2, 0) is 17.6 Å². The van der Waals surface area contributed by atoms with E-state index in [0.717, 1.165) is 30.3 Å². The molecule has 1 saturated heterocycles. The van der Waals surface area contributed by atoms with Crippen molar-refractivity contribution in [2.45, 2.75) is 18.9 Å². The monoisotopic (exact) mass is 293 g/mol. The summed E-state index contributed by atoms with van der Waals surface area (Å²) >= 11 is 6.12. The number of rotatable bonds is 4. The van der Waals surface area contributed by atoms with Crippen molar-refractivity contribution in [2.75, 3.05) is 19.7 Å². The van der Waals surface area contributed by atoms with Gasteiger partial charge in [0.15, 0.2) is 5.82 Å². The maximum absolute atomic E-state index is 6.12. The topological polar surface area (TPSA) is 60.2 Å². The minimum Gasteiger partial charge on any atom is -0.375 e. The van der Waals surface area contributed by atoms with Crippen molar-refractivity contribution in [1.29, 1.82) is 0 Å². The molecule has 1 aromatic carbocycles. The van der Waals surface area contributed by atoms with E-state index in [0.29, 0.717) is 24.6 Å². The molecule has 0 spiro atoms. The number of nitrogens with zero attached hydrogens (tertiary/aromatic N) is 2. The molecule has 1 aliphatic heterocycles. The number of benzene rings is 1. The molecule has 0 aliphatic carbocycles. The van der Waals surface area contributed by atoms with Crippen molar-refractivity contribution >= 4 is 11.6 Å². The maximum atomic E-state index is 6.12. The molecule has 1 fully saturated rings. The van der Waals surface area contributed by atoms with E-state index in [1.807, 2.05) is 24.3 Å². The van der Waals surface area contributed by atoms with Gasteiger partial charge < -0.3 is 14.6 Å². The lowest BCUT2D eigenvalue weighted by atomic mass is 10.1. The van der Waals surface area contributed by atoms with Crippen molar-refractivity contribution in [3.63, 3.8) is 0 Å². The first-order chi connectivity index (χ1) is 9.81. The number of aromatic nitrogens is 2. The summed E-state index contributed by atoms with van der Waals surface area (Å²) in [6.45, 7) is 2.45. The first kappa shape index (κ1) is 13.5. The van der Waals surface area contributed by atoms with E-state index in [4.69, 9.17) is 20.9 Å². The second-order valence-electron chi connectivity index (χ2n) is 4.77. The van der Waals surface area contributed by atoms with Crippen molar-refractivity contribution in [3.05, 3.63) is 46.6 Å². The van der Waals surface area contributed by atoms with Crippen LogP contribution in [0.15, 0.2) is 28.8 Å². The van der Waals surface area contributed by atoms with E-state index in [9.17, 15) is 0 Å². The summed E-state index contributed by atoms with van der Waals surface area (Å²) in [5.41, 5.74) is 0.997. The van der Waals surface area contributed by atoms with E-state index >= 15 is 0 Å². The van der Waals surface area contributed by atoms with Gasteiger partial charge in [-0.2, -0.15) is 4.98 Å². The third-order valence-electron chi connectivity index (χ3n) is 3.22. The molecule has 1 unspecified atom stereocenters. The third kappa shape index (κ3) is 3.36. The molecule has 1 aromatic heterocycles. The highest BCUT2D eigenvalue weighted by molar-refractivity contribution is 6.31. The van der Waals surface area contributed by atoms with Gasteiger partial charge in [-0.3, -0.25) is 0 Å². The third-order valence-corrected chi connectivity index (χ3v) is 3.59. The van der Waals surface area contributed by atoms with Gasteiger partial charge in [0.05, 0.1) is 19.1 Å². The highest BCUT2D eigenvalue weighted by atomic mass is 35.5. The van der Waals surface area contributed by atoms with Crippen molar-refractivity contribution in [1.82, 2.24) is 15.5 Å². The Labute approximate surface area is 122 Å². The van der Waals surface area contributed by atoms with Crippen LogP contribution < -0.4 is 5.32 Å². The van der Waals surface area contributed by atoms with Crippen LogP contribution in [0, 0.1) is 0 Å². The Kier molecular flexibility index (Phi) is 4.30. The van der Waals surface area contributed by atoms with Gasteiger partial charge >= 0.3 is 0 Å². The summed E-state index contributed by atoms with van der Waals surface area (Å²) in [7, 11) is 0. The van der Waals surface area contributed by atoms with Crippen molar-refractivity contribution in [3.8, 4) is 0 Å². The fourth-order valence-electron chi connectivity index (χ4n) is 2.20. The molecular weight excluding hydrogens is 278 g/mol. The molecule has 1 atom stereocenters. The van der Waals surface area contributed by atoms with E-state index in [-0.39, 0.29) is 6.10 Å². The molecule has 106 valence electrons. The molecule has 3 rings (SSSR count). The highest BCUT2D eigenvalue weighted by Crippen LogP contribution is 2.18. The van der Waals surface area contributed by atoms with Gasteiger partial charge in [0.25, 0.3) is 0 Å². The van der Waals surface area contributed by atoms with Gasteiger partial charge in [0.1, 0.15) is 0 Å². The predicted molar refractivity (Wildman–Crippen MR) is 74.9 cm³/mol. The molecular formula is C14H16ClN3O2. The molecule has 0 radical (unpaired) electrons. The van der Waals surface area contributed by atoms with Crippen LogP contribution in [0.5, 0.6) is 0 Å². The average Bonchev–Trinajstić information content (AvgIpc) is 2.90. The Hall–Kier alpha value is -1.43. The van der Waals surface area contributed by atoms with Crippen LogP contribution in [0.4, 0.5) is 0 Å². The standard InChI is InChI=1S/C14H16ClN3O2/c15-12-4-2-1-3-10(12)7-13-17-14(20-18-13)8-11-9-16-5-6-19-11/h1-4,11,16H,5-9H2. The van der Waals surface area contributed by atoms with Gasteiger partial charge in [-0.25, -0.2) is 0 Å². The summed E-state index contributed by atoms with van der Waals surface area (Å²) in [4.78, 5) is 4.40. The van der Waals surface area contributed by atoms with Crippen molar-refractivity contribution in [2.24, 2.45) is 0 Å². The molecule has 5 nitrogen and oxygen atoms in total. The van der Waals surface area contributed by atoms with Crippen LogP contribution in [0.3, 0.4) is 0 Å².